The molecule has 0 saturated carbocycles. The number of carbonyl (C=O) groups is 2. The van der Waals surface area contributed by atoms with E-state index >= 15 is 0 Å². The van der Waals surface area contributed by atoms with Crippen molar-refractivity contribution in [1.29, 1.82) is 0 Å². The molecule has 0 spiro atoms. The molecular weight excluding hydrogens is 392 g/mol. The summed E-state index contributed by atoms with van der Waals surface area (Å²) in [5.74, 6) is -1.01. The Kier molecular flexibility index (Phi) is 6.29. The average Bonchev–Trinajstić information content (AvgIpc) is 3.12. The second kappa shape index (κ2) is 8.87. The van der Waals surface area contributed by atoms with E-state index in [1.54, 1.807) is 24.3 Å². The number of benzene rings is 2. The van der Waals surface area contributed by atoms with E-state index in [4.69, 9.17) is 11.6 Å². The zero-order chi connectivity index (χ0) is 21.0. The van der Waals surface area contributed by atoms with Crippen LogP contribution in [-0.2, 0) is 11.2 Å². The van der Waals surface area contributed by atoms with Crippen LogP contribution in [0.4, 0.5) is 0 Å². The first-order valence-corrected chi connectivity index (χ1v) is 9.57. The molecule has 8 heteroatoms. The van der Waals surface area contributed by atoms with Crippen LogP contribution in [0.2, 0.25) is 5.02 Å². The summed E-state index contributed by atoms with van der Waals surface area (Å²) >= 11 is 6.26. The molecule has 2 aromatic carbocycles. The Bertz CT molecular complexity index is 1050. The van der Waals surface area contributed by atoms with Crippen LogP contribution >= 0.6 is 11.6 Å². The lowest BCUT2D eigenvalue weighted by Crippen LogP contribution is -2.31. The van der Waals surface area contributed by atoms with Crippen molar-refractivity contribution in [2.75, 3.05) is 0 Å². The SMILES string of the molecule is CCc1nc(C(=O)N[C@@H](CC(=O)O)c2ccccc2C)nn1-c1ccccc1Cl. The third-order valence-corrected chi connectivity index (χ3v) is 4.84. The topological polar surface area (TPSA) is 97.1 Å². The maximum atomic E-state index is 12.8. The molecule has 0 aliphatic heterocycles. The summed E-state index contributed by atoms with van der Waals surface area (Å²) in [5, 5.41) is 16.9. The van der Waals surface area contributed by atoms with Crippen LogP contribution in [0, 0.1) is 6.92 Å². The third kappa shape index (κ3) is 4.63. The largest absolute Gasteiger partial charge is 0.481 e. The maximum Gasteiger partial charge on any atom is 0.305 e. The summed E-state index contributed by atoms with van der Waals surface area (Å²) in [7, 11) is 0. The maximum absolute atomic E-state index is 12.8. The van der Waals surface area contributed by atoms with Crippen LogP contribution in [0.25, 0.3) is 5.69 Å². The molecule has 2 N–H and O–H groups in total. The van der Waals surface area contributed by atoms with Gasteiger partial charge >= 0.3 is 5.97 Å². The van der Waals surface area contributed by atoms with Gasteiger partial charge in [-0.1, -0.05) is 54.9 Å². The van der Waals surface area contributed by atoms with Gasteiger partial charge in [-0.15, -0.1) is 5.10 Å². The molecule has 3 aromatic rings. The fraction of sp³-hybridized carbons (Fsp3) is 0.238. The number of halogens is 1. The van der Waals surface area contributed by atoms with Crippen molar-refractivity contribution in [3.8, 4) is 5.69 Å². The van der Waals surface area contributed by atoms with Gasteiger partial charge in [0.2, 0.25) is 5.82 Å². The van der Waals surface area contributed by atoms with E-state index in [-0.39, 0.29) is 12.2 Å². The molecule has 29 heavy (non-hydrogen) atoms. The van der Waals surface area contributed by atoms with Crippen LogP contribution in [0.3, 0.4) is 0 Å². The number of carbonyl (C=O) groups excluding carboxylic acids is 1. The van der Waals surface area contributed by atoms with Crippen LogP contribution in [0.1, 0.15) is 47.0 Å². The van der Waals surface area contributed by atoms with E-state index in [0.29, 0.717) is 23.0 Å². The predicted octanol–water partition coefficient (Wildman–Crippen LogP) is 3.74. The Balaban J connectivity index is 1.92. The zero-order valence-corrected chi connectivity index (χ0v) is 16.8. The fourth-order valence-corrected chi connectivity index (χ4v) is 3.32. The van der Waals surface area contributed by atoms with Crippen LogP contribution in [0.5, 0.6) is 0 Å². The first kappa shape index (κ1) is 20.5. The van der Waals surface area contributed by atoms with E-state index in [0.717, 1.165) is 11.1 Å². The van der Waals surface area contributed by atoms with Crippen LogP contribution in [-0.4, -0.2) is 31.7 Å². The summed E-state index contributed by atoms with van der Waals surface area (Å²) < 4.78 is 1.54. The minimum Gasteiger partial charge on any atom is -0.481 e. The first-order chi connectivity index (χ1) is 13.9. The Morgan fingerprint density at radius 3 is 2.52 bits per heavy atom. The van der Waals surface area contributed by atoms with Gasteiger partial charge in [0.05, 0.1) is 23.2 Å². The van der Waals surface area contributed by atoms with Gasteiger partial charge in [0.25, 0.3) is 5.91 Å². The number of nitrogens with zero attached hydrogens (tertiary/aromatic N) is 3. The minimum absolute atomic E-state index is 0.0363. The lowest BCUT2D eigenvalue weighted by Gasteiger charge is -2.18. The molecule has 150 valence electrons. The van der Waals surface area contributed by atoms with Gasteiger partial charge in [-0.3, -0.25) is 9.59 Å². The number of carboxylic acids is 1. The molecule has 0 aliphatic carbocycles. The smallest absolute Gasteiger partial charge is 0.305 e. The number of aromatic nitrogens is 3. The van der Waals surface area contributed by atoms with E-state index in [2.05, 4.69) is 15.4 Å². The molecule has 3 rings (SSSR count). The van der Waals surface area contributed by atoms with E-state index in [9.17, 15) is 14.7 Å². The highest BCUT2D eigenvalue weighted by atomic mass is 35.5. The molecule has 0 saturated heterocycles. The summed E-state index contributed by atoms with van der Waals surface area (Å²) in [4.78, 5) is 28.5. The summed E-state index contributed by atoms with van der Waals surface area (Å²) in [6.07, 6.45) is 0.296. The highest BCUT2D eigenvalue weighted by Crippen LogP contribution is 2.23. The predicted molar refractivity (Wildman–Crippen MR) is 109 cm³/mol. The van der Waals surface area contributed by atoms with Gasteiger partial charge in [-0.05, 0) is 30.2 Å². The van der Waals surface area contributed by atoms with Gasteiger partial charge in [-0.25, -0.2) is 9.67 Å². The molecule has 0 radical (unpaired) electrons. The number of nitrogens with one attached hydrogen (secondary N) is 1. The second-order valence-corrected chi connectivity index (χ2v) is 6.96. The minimum atomic E-state index is -1.01. The normalized spacial score (nSPS) is 11.8. The van der Waals surface area contributed by atoms with E-state index in [1.165, 1.54) is 4.68 Å². The quantitative estimate of drug-likeness (QED) is 0.616. The number of hydrogen-bond donors (Lipinski definition) is 2. The Morgan fingerprint density at radius 1 is 1.17 bits per heavy atom. The third-order valence-electron chi connectivity index (χ3n) is 4.52. The first-order valence-electron chi connectivity index (χ1n) is 9.19. The van der Waals surface area contributed by atoms with Crippen molar-refractivity contribution >= 4 is 23.5 Å². The van der Waals surface area contributed by atoms with Gasteiger partial charge in [0.15, 0.2) is 0 Å². The van der Waals surface area contributed by atoms with E-state index < -0.39 is 17.9 Å². The molecule has 1 amide bonds. The molecule has 1 heterocycles. The average molecular weight is 413 g/mol. The Hall–Kier alpha value is -3.19. The zero-order valence-electron chi connectivity index (χ0n) is 16.1. The van der Waals surface area contributed by atoms with Gasteiger partial charge in [0.1, 0.15) is 5.82 Å². The molecule has 0 fully saturated rings. The number of amides is 1. The number of aryl methyl sites for hydroxylation is 2. The summed E-state index contributed by atoms with van der Waals surface area (Å²) in [6.45, 7) is 3.77. The molecule has 0 unspecified atom stereocenters. The van der Waals surface area contributed by atoms with Crippen LogP contribution in [0.15, 0.2) is 48.5 Å². The molecule has 1 aromatic heterocycles. The number of para-hydroxylation sites is 1. The number of hydrogen-bond acceptors (Lipinski definition) is 4. The van der Waals surface area contributed by atoms with Crippen molar-refractivity contribution < 1.29 is 14.7 Å². The second-order valence-electron chi connectivity index (χ2n) is 6.55. The number of carboxylic acid groups (broad SMARTS) is 1. The highest BCUT2D eigenvalue weighted by molar-refractivity contribution is 6.32. The van der Waals surface area contributed by atoms with Crippen molar-refractivity contribution in [2.45, 2.75) is 32.7 Å². The number of rotatable bonds is 7. The summed E-state index contributed by atoms with van der Waals surface area (Å²) in [6, 6.07) is 13.8. The van der Waals surface area contributed by atoms with Gasteiger partial charge in [-0.2, -0.15) is 0 Å². The lowest BCUT2D eigenvalue weighted by atomic mass is 9.99. The standard InChI is InChI=1S/C21H21ClN4O3/c1-3-18-24-20(25-26(18)17-11-7-6-10-15(17)22)21(29)23-16(12-19(27)28)14-9-5-4-8-13(14)2/h4-11,16H,3,12H2,1-2H3,(H,23,29)(H,27,28)/t16-/m0/s1. The molecule has 7 nitrogen and oxygen atoms in total. The van der Waals surface area contributed by atoms with Crippen molar-refractivity contribution in [3.05, 3.63) is 76.3 Å². The van der Waals surface area contributed by atoms with Crippen LogP contribution < -0.4 is 5.32 Å². The van der Waals surface area contributed by atoms with Gasteiger partial charge < -0.3 is 10.4 Å². The fourth-order valence-electron chi connectivity index (χ4n) is 3.10. The van der Waals surface area contributed by atoms with Crippen molar-refractivity contribution in [1.82, 2.24) is 20.1 Å². The summed E-state index contributed by atoms with van der Waals surface area (Å²) in [5.41, 5.74) is 2.26. The molecular formula is C21H21ClN4O3. The Morgan fingerprint density at radius 2 is 1.86 bits per heavy atom. The van der Waals surface area contributed by atoms with Crippen molar-refractivity contribution in [2.24, 2.45) is 0 Å². The monoisotopic (exact) mass is 412 g/mol. The highest BCUT2D eigenvalue weighted by Gasteiger charge is 2.24. The molecule has 0 bridgehead atoms. The lowest BCUT2D eigenvalue weighted by molar-refractivity contribution is -0.137. The molecule has 1 atom stereocenters. The number of aliphatic carboxylic acids is 1. The Labute approximate surface area is 173 Å². The van der Waals surface area contributed by atoms with E-state index in [1.807, 2.05) is 38.1 Å². The molecule has 0 aliphatic rings. The van der Waals surface area contributed by atoms with Crippen molar-refractivity contribution in [3.63, 3.8) is 0 Å². The van der Waals surface area contributed by atoms with Gasteiger partial charge in [0, 0.05) is 6.42 Å².